The average molecular weight is 376 g/mol. The van der Waals surface area contributed by atoms with Crippen LogP contribution in [0.15, 0.2) is 34.2 Å². The van der Waals surface area contributed by atoms with Crippen molar-refractivity contribution in [3.63, 3.8) is 0 Å². The van der Waals surface area contributed by atoms with Crippen molar-refractivity contribution >= 4 is 23.2 Å². The number of esters is 1. The fraction of sp³-hybridized carbons (Fsp3) is 0.250. The molecule has 1 aromatic carbocycles. The van der Waals surface area contributed by atoms with Crippen LogP contribution in [0.25, 0.3) is 16.8 Å². The van der Waals surface area contributed by atoms with Crippen LogP contribution in [0.4, 0.5) is 0 Å². The van der Waals surface area contributed by atoms with Gasteiger partial charge in [-0.05, 0) is 24.3 Å². The summed E-state index contributed by atoms with van der Waals surface area (Å²) in [6.07, 6.45) is 0. The van der Waals surface area contributed by atoms with E-state index in [0.29, 0.717) is 27.9 Å². The molecule has 0 atom stereocenters. The average Bonchev–Trinajstić information content (AvgIpc) is 3.13. The van der Waals surface area contributed by atoms with Crippen molar-refractivity contribution in [2.75, 3.05) is 27.1 Å². The number of H-pyrrole nitrogens is 1. The quantitative estimate of drug-likeness (QED) is 0.508. The number of carbonyl (C=O) groups excluding carboxylic acids is 1. The summed E-state index contributed by atoms with van der Waals surface area (Å²) >= 11 is 1.11. The van der Waals surface area contributed by atoms with Gasteiger partial charge in [-0.3, -0.25) is 9.59 Å². The topological polar surface area (TPSA) is 108 Å². The maximum atomic E-state index is 12.1. The summed E-state index contributed by atoms with van der Waals surface area (Å²) < 4.78 is 16.5. The third-order valence-corrected chi connectivity index (χ3v) is 4.50. The van der Waals surface area contributed by atoms with E-state index in [9.17, 15) is 9.59 Å². The zero-order valence-electron chi connectivity index (χ0n) is 14.3. The number of thioether (sulfide) groups is 1. The van der Waals surface area contributed by atoms with E-state index in [-0.39, 0.29) is 11.3 Å². The summed E-state index contributed by atoms with van der Waals surface area (Å²) in [6.45, 7) is 0. The molecule has 2 aromatic heterocycles. The summed E-state index contributed by atoms with van der Waals surface area (Å²) in [6, 6.07) is 6.98. The van der Waals surface area contributed by atoms with Gasteiger partial charge in [0.1, 0.15) is 5.52 Å². The van der Waals surface area contributed by atoms with Crippen molar-refractivity contribution in [1.82, 2.24) is 19.8 Å². The van der Waals surface area contributed by atoms with Gasteiger partial charge in [0.25, 0.3) is 5.56 Å². The molecule has 3 rings (SSSR count). The van der Waals surface area contributed by atoms with E-state index in [1.54, 1.807) is 32.4 Å². The van der Waals surface area contributed by atoms with Gasteiger partial charge in [-0.15, -0.1) is 5.10 Å². The molecule has 136 valence electrons. The van der Waals surface area contributed by atoms with Crippen LogP contribution < -0.4 is 15.0 Å². The molecule has 26 heavy (non-hydrogen) atoms. The number of carbonyl (C=O) groups is 1. The van der Waals surface area contributed by atoms with Crippen molar-refractivity contribution in [3.8, 4) is 22.8 Å². The standard InChI is InChI=1S/C16H16N4O5S/c1-23-12-5-4-9(6-13(12)24-2)10-7-11-15(22)17-18-16(20(11)19-10)26-8-14(21)25-3/h4-7H,8H2,1-3H3,(H,17,22). The highest BCUT2D eigenvalue weighted by Crippen LogP contribution is 2.32. The lowest BCUT2D eigenvalue weighted by molar-refractivity contribution is -0.137. The maximum Gasteiger partial charge on any atom is 0.316 e. The smallest absolute Gasteiger partial charge is 0.316 e. The molecule has 0 aliphatic heterocycles. The number of aromatic nitrogens is 4. The summed E-state index contributed by atoms with van der Waals surface area (Å²) in [7, 11) is 4.40. The number of hydrogen-bond acceptors (Lipinski definition) is 8. The molecule has 0 aliphatic rings. The molecule has 1 N–H and O–H groups in total. The van der Waals surface area contributed by atoms with E-state index >= 15 is 0 Å². The monoisotopic (exact) mass is 376 g/mol. The second kappa shape index (κ2) is 7.48. The molecule has 9 nitrogen and oxygen atoms in total. The van der Waals surface area contributed by atoms with E-state index in [2.05, 4.69) is 20.0 Å². The summed E-state index contributed by atoms with van der Waals surface area (Å²) in [5, 5.41) is 11.2. The second-order valence-electron chi connectivity index (χ2n) is 5.10. The molecule has 0 saturated carbocycles. The maximum absolute atomic E-state index is 12.1. The predicted octanol–water partition coefficient (Wildman–Crippen LogP) is 1.37. The highest BCUT2D eigenvalue weighted by atomic mass is 32.2. The fourth-order valence-corrected chi connectivity index (χ4v) is 3.04. The van der Waals surface area contributed by atoms with E-state index in [4.69, 9.17) is 9.47 Å². The van der Waals surface area contributed by atoms with Gasteiger partial charge in [0.15, 0.2) is 11.5 Å². The Hall–Kier alpha value is -3.01. The number of fused-ring (bicyclic) bond motifs is 1. The van der Waals surface area contributed by atoms with Crippen LogP contribution >= 0.6 is 11.8 Å². The summed E-state index contributed by atoms with van der Waals surface area (Å²) in [5.74, 6) is 0.794. The molecular formula is C16H16N4O5S. The third-order valence-electron chi connectivity index (χ3n) is 3.60. The molecule has 0 fully saturated rings. The molecule has 0 spiro atoms. The van der Waals surface area contributed by atoms with Crippen LogP contribution in [0.2, 0.25) is 0 Å². The Bertz CT molecular complexity index is 1010. The second-order valence-corrected chi connectivity index (χ2v) is 6.04. The number of nitrogens with one attached hydrogen (secondary N) is 1. The van der Waals surface area contributed by atoms with Gasteiger partial charge in [-0.2, -0.15) is 5.10 Å². The van der Waals surface area contributed by atoms with Crippen LogP contribution in [0.3, 0.4) is 0 Å². The van der Waals surface area contributed by atoms with Crippen molar-refractivity contribution in [2.24, 2.45) is 0 Å². The first-order valence-electron chi connectivity index (χ1n) is 7.48. The molecule has 0 saturated heterocycles. The first kappa shape index (κ1) is 17.8. The lowest BCUT2D eigenvalue weighted by Crippen LogP contribution is -2.14. The Balaban J connectivity index is 2.04. The highest BCUT2D eigenvalue weighted by molar-refractivity contribution is 7.99. The van der Waals surface area contributed by atoms with Gasteiger partial charge in [0, 0.05) is 5.56 Å². The van der Waals surface area contributed by atoms with Crippen LogP contribution in [0.5, 0.6) is 11.5 Å². The number of nitrogens with zero attached hydrogens (tertiary/aromatic N) is 3. The number of methoxy groups -OCH3 is 3. The van der Waals surface area contributed by atoms with Crippen LogP contribution in [-0.4, -0.2) is 52.9 Å². The Kier molecular flexibility index (Phi) is 5.12. The lowest BCUT2D eigenvalue weighted by atomic mass is 10.1. The van der Waals surface area contributed by atoms with Gasteiger partial charge in [0.2, 0.25) is 5.16 Å². The molecule has 0 bridgehead atoms. The molecule has 0 amide bonds. The minimum Gasteiger partial charge on any atom is -0.493 e. The number of benzene rings is 1. The van der Waals surface area contributed by atoms with Crippen molar-refractivity contribution < 1.29 is 19.0 Å². The Morgan fingerprint density at radius 2 is 1.96 bits per heavy atom. The van der Waals surface area contributed by atoms with Crippen molar-refractivity contribution in [2.45, 2.75) is 5.16 Å². The van der Waals surface area contributed by atoms with E-state index in [0.717, 1.165) is 17.3 Å². The number of ether oxygens (including phenoxy) is 3. The van der Waals surface area contributed by atoms with Gasteiger partial charge < -0.3 is 14.2 Å². The SMILES string of the molecule is COC(=O)CSc1n[nH]c(=O)c2cc(-c3ccc(OC)c(OC)c3)nn12. The van der Waals surface area contributed by atoms with Crippen molar-refractivity contribution in [1.29, 1.82) is 0 Å². The fourth-order valence-electron chi connectivity index (χ4n) is 2.30. The summed E-state index contributed by atoms with van der Waals surface area (Å²) in [5.41, 5.74) is 1.24. The molecule has 3 aromatic rings. The minimum atomic E-state index is -0.400. The minimum absolute atomic E-state index is 0.0518. The molecule has 10 heteroatoms. The molecule has 0 unspecified atom stereocenters. The summed E-state index contributed by atoms with van der Waals surface area (Å²) in [4.78, 5) is 23.4. The highest BCUT2D eigenvalue weighted by Gasteiger charge is 2.15. The van der Waals surface area contributed by atoms with Crippen LogP contribution in [-0.2, 0) is 9.53 Å². The van der Waals surface area contributed by atoms with Gasteiger partial charge in [-0.25, -0.2) is 9.61 Å². The normalized spacial score (nSPS) is 10.7. The number of aromatic amines is 1. The van der Waals surface area contributed by atoms with Gasteiger partial charge in [-0.1, -0.05) is 11.8 Å². The molecule has 2 heterocycles. The van der Waals surface area contributed by atoms with E-state index in [1.165, 1.54) is 11.6 Å². The Morgan fingerprint density at radius 3 is 2.65 bits per heavy atom. The number of rotatable bonds is 6. The zero-order chi connectivity index (χ0) is 18.7. The Morgan fingerprint density at radius 1 is 1.19 bits per heavy atom. The van der Waals surface area contributed by atoms with Gasteiger partial charge in [0.05, 0.1) is 32.8 Å². The third kappa shape index (κ3) is 3.36. The van der Waals surface area contributed by atoms with Crippen LogP contribution in [0.1, 0.15) is 0 Å². The first-order valence-corrected chi connectivity index (χ1v) is 8.46. The van der Waals surface area contributed by atoms with Gasteiger partial charge >= 0.3 is 5.97 Å². The molecular weight excluding hydrogens is 360 g/mol. The largest absolute Gasteiger partial charge is 0.493 e. The van der Waals surface area contributed by atoms with E-state index < -0.39 is 5.97 Å². The van der Waals surface area contributed by atoms with Crippen molar-refractivity contribution in [3.05, 3.63) is 34.6 Å². The molecule has 0 aliphatic carbocycles. The van der Waals surface area contributed by atoms with Crippen LogP contribution in [0, 0.1) is 0 Å². The lowest BCUT2D eigenvalue weighted by Gasteiger charge is -2.08. The first-order chi connectivity index (χ1) is 12.6. The number of hydrogen-bond donors (Lipinski definition) is 1. The zero-order valence-corrected chi connectivity index (χ0v) is 15.1. The Labute approximate surface area is 152 Å². The molecule has 0 radical (unpaired) electrons. The van der Waals surface area contributed by atoms with E-state index in [1.807, 2.05) is 6.07 Å². The predicted molar refractivity (Wildman–Crippen MR) is 94.9 cm³/mol.